The summed E-state index contributed by atoms with van der Waals surface area (Å²) in [6.45, 7) is 1.77. The molecule has 0 fully saturated rings. The third-order valence-corrected chi connectivity index (χ3v) is 6.53. The zero-order valence-electron chi connectivity index (χ0n) is 16.4. The zero-order valence-corrected chi connectivity index (χ0v) is 17.2. The van der Waals surface area contributed by atoms with Crippen molar-refractivity contribution in [1.82, 2.24) is 0 Å². The van der Waals surface area contributed by atoms with Crippen LogP contribution in [-0.4, -0.2) is 22.6 Å². The Balaban J connectivity index is 2.18. The van der Waals surface area contributed by atoms with Gasteiger partial charge in [0.15, 0.2) is 0 Å². The molecule has 7 heteroatoms. The monoisotopic (exact) mass is 415 g/mol. The van der Waals surface area contributed by atoms with Crippen LogP contribution in [0.2, 0.25) is 0 Å². The van der Waals surface area contributed by atoms with Crippen LogP contribution in [0.25, 0.3) is 0 Å². The van der Waals surface area contributed by atoms with Gasteiger partial charge in [0.05, 0.1) is 30.8 Å². The molecule has 0 saturated carbocycles. The first-order chi connectivity index (χ1) is 13.9. The van der Waals surface area contributed by atoms with Gasteiger partial charge in [-0.2, -0.15) is 0 Å². The Hall–Kier alpha value is -3.06. The van der Waals surface area contributed by atoms with E-state index in [2.05, 4.69) is 0 Å². The smallest absolute Gasteiger partial charge is 0.264 e. The Kier molecular flexibility index (Phi) is 6.08. The van der Waals surface area contributed by atoms with Crippen molar-refractivity contribution in [3.63, 3.8) is 0 Å². The van der Waals surface area contributed by atoms with Crippen LogP contribution in [0.1, 0.15) is 18.5 Å². The fourth-order valence-electron chi connectivity index (χ4n) is 3.16. The Morgan fingerprint density at radius 3 is 2.14 bits per heavy atom. The molecule has 0 bridgehead atoms. The average Bonchev–Trinajstić information content (AvgIpc) is 2.74. The third kappa shape index (κ3) is 4.19. The first kappa shape index (κ1) is 20.7. The fourth-order valence-corrected chi connectivity index (χ4v) is 4.79. The number of rotatable bonds is 7. The van der Waals surface area contributed by atoms with Crippen molar-refractivity contribution in [2.75, 3.05) is 18.5 Å². The molecule has 5 nitrogen and oxygen atoms in total. The number of methoxy groups -OCH3 is 2. The second-order valence-corrected chi connectivity index (χ2v) is 8.19. The maximum atomic E-state index is 13.5. The van der Waals surface area contributed by atoms with Gasteiger partial charge in [0.1, 0.15) is 17.3 Å². The van der Waals surface area contributed by atoms with Crippen molar-refractivity contribution in [2.24, 2.45) is 0 Å². The first-order valence-electron chi connectivity index (χ1n) is 8.95. The lowest BCUT2D eigenvalue weighted by molar-refractivity contribution is 0.396. The molecule has 3 aromatic rings. The zero-order chi connectivity index (χ0) is 21.0. The van der Waals surface area contributed by atoms with Crippen LogP contribution in [0.3, 0.4) is 0 Å². The van der Waals surface area contributed by atoms with Crippen molar-refractivity contribution >= 4 is 15.7 Å². The number of hydrogen-bond donors (Lipinski definition) is 0. The lowest BCUT2D eigenvalue weighted by Crippen LogP contribution is -2.34. The third-order valence-electron chi connectivity index (χ3n) is 4.62. The summed E-state index contributed by atoms with van der Waals surface area (Å²) < 4.78 is 52.5. The molecule has 152 valence electrons. The van der Waals surface area contributed by atoms with Gasteiger partial charge < -0.3 is 9.47 Å². The molecule has 0 spiro atoms. The lowest BCUT2D eigenvalue weighted by atomic mass is 10.1. The molecular weight excluding hydrogens is 393 g/mol. The van der Waals surface area contributed by atoms with Crippen LogP contribution in [0.15, 0.2) is 77.7 Å². The van der Waals surface area contributed by atoms with E-state index < -0.39 is 21.9 Å². The molecule has 3 aromatic carbocycles. The van der Waals surface area contributed by atoms with E-state index in [9.17, 15) is 12.8 Å². The van der Waals surface area contributed by atoms with E-state index in [0.717, 1.165) is 12.1 Å². The Morgan fingerprint density at radius 1 is 0.897 bits per heavy atom. The molecule has 1 atom stereocenters. The van der Waals surface area contributed by atoms with E-state index in [1.165, 1.54) is 23.5 Å². The summed E-state index contributed by atoms with van der Waals surface area (Å²) in [5.41, 5.74) is 1.12. The van der Waals surface area contributed by atoms with Crippen LogP contribution in [0, 0.1) is 5.82 Å². The van der Waals surface area contributed by atoms with Crippen LogP contribution < -0.4 is 13.8 Å². The van der Waals surface area contributed by atoms with Gasteiger partial charge in [-0.05, 0) is 61.5 Å². The Bertz CT molecular complexity index is 1070. The van der Waals surface area contributed by atoms with Crippen molar-refractivity contribution in [2.45, 2.75) is 17.9 Å². The molecule has 0 unspecified atom stereocenters. The first-order valence-corrected chi connectivity index (χ1v) is 10.4. The molecule has 0 amide bonds. The number of sulfonamides is 1. The highest BCUT2D eigenvalue weighted by molar-refractivity contribution is 7.92. The Morgan fingerprint density at radius 2 is 1.55 bits per heavy atom. The number of halogens is 1. The van der Waals surface area contributed by atoms with Gasteiger partial charge in [-0.1, -0.05) is 18.2 Å². The van der Waals surface area contributed by atoms with E-state index in [-0.39, 0.29) is 4.90 Å². The van der Waals surface area contributed by atoms with Crippen molar-refractivity contribution < 1.29 is 22.3 Å². The summed E-state index contributed by atoms with van der Waals surface area (Å²) in [6.07, 6.45) is 0. The van der Waals surface area contributed by atoms with Crippen LogP contribution in [0.4, 0.5) is 10.1 Å². The molecule has 0 saturated heterocycles. The normalized spacial score (nSPS) is 12.3. The van der Waals surface area contributed by atoms with Gasteiger partial charge in [0, 0.05) is 5.56 Å². The summed E-state index contributed by atoms with van der Waals surface area (Å²) in [6, 6.07) is 18.1. The van der Waals surface area contributed by atoms with Crippen molar-refractivity contribution in [1.29, 1.82) is 0 Å². The molecule has 0 aromatic heterocycles. The molecule has 0 N–H and O–H groups in total. The van der Waals surface area contributed by atoms with Gasteiger partial charge in [0.25, 0.3) is 10.0 Å². The second-order valence-electron chi connectivity index (χ2n) is 6.37. The molecule has 0 heterocycles. The molecule has 0 aliphatic heterocycles. The van der Waals surface area contributed by atoms with E-state index in [0.29, 0.717) is 22.7 Å². The molecule has 0 aliphatic carbocycles. The highest BCUT2D eigenvalue weighted by Crippen LogP contribution is 2.38. The molecular formula is C22H22FNO4S. The van der Waals surface area contributed by atoms with Gasteiger partial charge in [-0.25, -0.2) is 12.8 Å². The Labute approximate surface area is 170 Å². The van der Waals surface area contributed by atoms with Crippen molar-refractivity contribution in [3.8, 4) is 11.5 Å². The number of hydrogen-bond acceptors (Lipinski definition) is 4. The number of benzene rings is 3. The van der Waals surface area contributed by atoms with E-state index in [1.807, 2.05) is 6.07 Å². The van der Waals surface area contributed by atoms with E-state index >= 15 is 0 Å². The van der Waals surface area contributed by atoms with E-state index in [1.54, 1.807) is 56.5 Å². The summed E-state index contributed by atoms with van der Waals surface area (Å²) in [4.78, 5) is -0.00327. The maximum absolute atomic E-state index is 13.5. The largest absolute Gasteiger partial charge is 0.497 e. The summed E-state index contributed by atoms with van der Waals surface area (Å²) >= 11 is 0. The SMILES string of the molecule is COc1ccc(OC)c([C@H](C)N(c2ccccc2)S(=O)(=O)c2ccc(F)cc2)c1. The van der Waals surface area contributed by atoms with Crippen LogP contribution in [0.5, 0.6) is 11.5 Å². The van der Waals surface area contributed by atoms with E-state index in [4.69, 9.17) is 9.47 Å². The number of anilines is 1. The quantitative estimate of drug-likeness (QED) is 0.556. The number of ether oxygens (including phenoxy) is 2. The fraction of sp³-hybridized carbons (Fsp3) is 0.182. The topological polar surface area (TPSA) is 55.8 Å². The summed E-state index contributed by atoms with van der Waals surface area (Å²) in [5, 5.41) is 0. The number of para-hydroxylation sites is 1. The standard InChI is InChI=1S/C22H22FNO4S/c1-16(21-15-19(27-2)11-14-22(21)28-3)24(18-7-5-4-6-8-18)29(25,26)20-12-9-17(23)10-13-20/h4-16H,1-3H3/t16-/m0/s1. The van der Waals surface area contributed by atoms with Gasteiger partial charge >= 0.3 is 0 Å². The van der Waals surface area contributed by atoms with Gasteiger partial charge in [0.2, 0.25) is 0 Å². The minimum Gasteiger partial charge on any atom is -0.497 e. The minimum absolute atomic E-state index is 0.00327. The maximum Gasteiger partial charge on any atom is 0.264 e. The van der Waals surface area contributed by atoms with Gasteiger partial charge in [-0.3, -0.25) is 4.31 Å². The van der Waals surface area contributed by atoms with Crippen LogP contribution in [-0.2, 0) is 10.0 Å². The lowest BCUT2D eigenvalue weighted by Gasteiger charge is -2.31. The van der Waals surface area contributed by atoms with Gasteiger partial charge in [-0.15, -0.1) is 0 Å². The molecule has 3 rings (SSSR count). The molecule has 0 aliphatic rings. The summed E-state index contributed by atoms with van der Waals surface area (Å²) in [7, 11) is -0.923. The average molecular weight is 415 g/mol. The molecule has 29 heavy (non-hydrogen) atoms. The minimum atomic E-state index is -3.99. The predicted molar refractivity (Wildman–Crippen MR) is 110 cm³/mol. The van der Waals surface area contributed by atoms with Crippen molar-refractivity contribution in [3.05, 3.63) is 84.2 Å². The van der Waals surface area contributed by atoms with Crippen LogP contribution >= 0.6 is 0 Å². The summed E-state index contributed by atoms with van der Waals surface area (Å²) in [5.74, 6) is 0.617. The highest BCUT2D eigenvalue weighted by atomic mass is 32.2. The second kappa shape index (κ2) is 8.53. The number of nitrogens with zero attached hydrogens (tertiary/aromatic N) is 1. The predicted octanol–water partition coefficient (Wildman–Crippen LogP) is 4.80. The highest BCUT2D eigenvalue weighted by Gasteiger charge is 2.32. The molecule has 0 radical (unpaired) electrons.